The molecule has 0 spiro atoms. The molecule has 178 valence electrons. The van der Waals surface area contributed by atoms with Gasteiger partial charge in [0.1, 0.15) is 22.5 Å². The van der Waals surface area contributed by atoms with Crippen molar-refractivity contribution in [2.24, 2.45) is 0 Å². The van der Waals surface area contributed by atoms with Crippen LogP contribution < -0.4 is 20.3 Å². The van der Waals surface area contributed by atoms with Crippen LogP contribution in [0.5, 0.6) is 5.75 Å². The van der Waals surface area contributed by atoms with Crippen molar-refractivity contribution >= 4 is 21.8 Å². The fourth-order valence-corrected chi connectivity index (χ4v) is 4.33. The Kier molecular flexibility index (Phi) is 8.34. The molecule has 10 heteroatoms. The van der Waals surface area contributed by atoms with Gasteiger partial charge in [0, 0.05) is 0 Å². The molecule has 0 bridgehead atoms. The maximum atomic E-state index is 14.1. The van der Waals surface area contributed by atoms with E-state index in [2.05, 4.69) is 15.6 Å². The maximum Gasteiger partial charge on any atom is 0.276 e. The predicted molar refractivity (Wildman–Crippen MR) is 124 cm³/mol. The van der Waals surface area contributed by atoms with Crippen LogP contribution in [0.1, 0.15) is 11.1 Å². The number of amides is 2. The quantitative estimate of drug-likeness (QED) is 0.403. The Morgan fingerprint density at radius 2 is 1.65 bits per heavy atom. The smallest absolute Gasteiger partial charge is 0.276 e. The molecule has 1 unspecified atom stereocenters. The van der Waals surface area contributed by atoms with Gasteiger partial charge in [0.25, 0.3) is 11.8 Å². The van der Waals surface area contributed by atoms with Crippen LogP contribution in [-0.4, -0.2) is 32.9 Å². The average molecular weight is 486 g/mol. The highest BCUT2D eigenvalue weighted by atomic mass is 32.2. The summed E-state index contributed by atoms with van der Waals surface area (Å²) in [5.41, 5.74) is 6.01. The number of hydrazine groups is 1. The lowest BCUT2D eigenvalue weighted by Gasteiger charge is -2.19. The van der Waals surface area contributed by atoms with E-state index in [0.717, 1.165) is 17.7 Å². The minimum Gasteiger partial charge on any atom is -0.484 e. The van der Waals surface area contributed by atoms with E-state index < -0.39 is 38.6 Å². The van der Waals surface area contributed by atoms with Crippen molar-refractivity contribution in [3.8, 4) is 5.75 Å². The summed E-state index contributed by atoms with van der Waals surface area (Å²) in [6.45, 7) is 1.51. The van der Waals surface area contributed by atoms with Gasteiger partial charge in [-0.1, -0.05) is 54.6 Å². The Labute approximate surface area is 197 Å². The first kappa shape index (κ1) is 24.9. The molecule has 3 aromatic carbocycles. The zero-order chi connectivity index (χ0) is 24.6. The summed E-state index contributed by atoms with van der Waals surface area (Å²) < 4.78 is 47.2. The molecule has 0 aliphatic rings. The van der Waals surface area contributed by atoms with E-state index in [-0.39, 0.29) is 13.0 Å². The number of nitrogens with one attached hydrogen (secondary N) is 3. The van der Waals surface area contributed by atoms with Crippen LogP contribution in [0.4, 0.5) is 4.39 Å². The van der Waals surface area contributed by atoms with Gasteiger partial charge in [0.15, 0.2) is 6.61 Å². The standard InChI is InChI=1S/C24H24FN3O5S/c1-17-8-7-11-19(14-17)33-16-23(29)26-27-24(30)21(15-18-9-3-2-4-10-18)28-34(31,32)22-13-6-5-12-20(22)25/h2-14,21,28H,15-16H2,1H3,(H,26,29)(H,27,30). The molecule has 3 rings (SSSR count). The Balaban J connectivity index is 1.67. The Hall–Kier alpha value is -3.76. The molecule has 0 radical (unpaired) electrons. The molecule has 2 amide bonds. The minimum atomic E-state index is -4.37. The first-order chi connectivity index (χ1) is 16.2. The third-order valence-corrected chi connectivity index (χ3v) is 6.21. The number of carbonyl (C=O) groups is 2. The number of aryl methyl sites for hydroxylation is 1. The van der Waals surface area contributed by atoms with E-state index in [1.807, 2.05) is 13.0 Å². The Morgan fingerprint density at radius 1 is 0.941 bits per heavy atom. The molecule has 34 heavy (non-hydrogen) atoms. The first-order valence-corrected chi connectivity index (χ1v) is 11.8. The van der Waals surface area contributed by atoms with Crippen LogP contribution in [-0.2, 0) is 26.0 Å². The number of halogens is 1. The second-order valence-electron chi connectivity index (χ2n) is 7.44. The van der Waals surface area contributed by atoms with Crippen LogP contribution in [0, 0.1) is 12.7 Å². The Morgan fingerprint density at radius 3 is 2.35 bits per heavy atom. The molecule has 0 aliphatic carbocycles. The van der Waals surface area contributed by atoms with Crippen molar-refractivity contribution in [1.82, 2.24) is 15.6 Å². The highest BCUT2D eigenvalue weighted by Gasteiger charge is 2.28. The number of sulfonamides is 1. The van der Waals surface area contributed by atoms with Crippen LogP contribution in [0.15, 0.2) is 83.8 Å². The van der Waals surface area contributed by atoms with Gasteiger partial charge in [-0.3, -0.25) is 20.4 Å². The van der Waals surface area contributed by atoms with Gasteiger partial charge in [0.2, 0.25) is 10.0 Å². The monoisotopic (exact) mass is 485 g/mol. The number of hydrogen-bond donors (Lipinski definition) is 3. The molecule has 0 heterocycles. The largest absolute Gasteiger partial charge is 0.484 e. The van der Waals surface area contributed by atoms with Gasteiger partial charge in [-0.15, -0.1) is 0 Å². The fourth-order valence-electron chi connectivity index (χ4n) is 3.06. The average Bonchev–Trinajstić information content (AvgIpc) is 2.81. The molecular formula is C24H24FN3O5S. The molecule has 8 nitrogen and oxygen atoms in total. The maximum absolute atomic E-state index is 14.1. The van der Waals surface area contributed by atoms with E-state index in [1.165, 1.54) is 12.1 Å². The van der Waals surface area contributed by atoms with E-state index in [1.54, 1.807) is 48.5 Å². The predicted octanol–water partition coefficient (Wildman–Crippen LogP) is 2.25. The highest BCUT2D eigenvalue weighted by molar-refractivity contribution is 7.89. The number of benzene rings is 3. The van der Waals surface area contributed by atoms with Crippen molar-refractivity contribution in [2.45, 2.75) is 24.3 Å². The summed E-state index contributed by atoms with van der Waals surface area (Å²) in [7, 11) is -4.37. The van der Waals surface area contributed by atoms with Gasteiger partial charge in [-0.2, -0.15) is 4.72 Å². The molecule has 0 saturated heterocycles. The molecule has 0 saturated carbocycles. The van der Waals surface area contributed by atoms with Gasteiger partial charge < -0.3 is 4.74 Å². The van der Waals surface area contributed by atoms with Crippen LogP contribution in [0.25, 0.3) is 0 Å². The van der Waals surface area contributed by atoms with Crippen molar-refractivity contribution < 1.29 is 27.1 Å². The molecule has 1 atom stereocenters. The first-order valence-electron chi connectivity index (χ1n) is 10.3. The lowest BCUT2D eigenvalue weighted by Crippen LogP contribution is -2.53. The lowest BCUT2D eigenvalue weighted by molar-refractivity contribution is -0.130. The van der Waals surface area contributed by atoms with Gasteiger partial charge in [0.05, 0.1) is 0 Å². The van der Waals surface area contributed by atoms with E-state index in [0.29, 0.717) is 11.3 Å². The number of carbonyl (C=O) groups excluding carboxylic acids is 2. The second-order valence-corrected chi connectivity index (χ2v) is 9.12. The topological polar surface area (TPSA) is 114 Å². The van der Waals surface area contributed by atoms with Crippen LogP contribution >= 0.6 is 0 Å². The summed E-state index contributed by atoms with van der Waals surface area (Å²) in [4.78, 5) is 24.3. The molecule has 0 aliphatic heterocycles. The summed E-state index contributed by atoms with van der Waals surface area (Å²) in [6.07, 6.45) is -0.0317. The van der Waals surface area contributed by atoms with Gasteiger partial charge in [-0.25, -0.2) is 12.8 Å². The lowest BCUT2D eigenvalue weighted by atomic mass is 10.1. The van der Waals surface area contributed by atoms with Gasteiger partial charge >= 0.3 is 0 Å². The summed E-state index contributed by atoms with van der Waals surface area (Å²) in [6, 6.07) is 19.3. The van der Waals surface area contributed by atoms with Crippen molar-refractivity contribution in [2.75, 3.05) is 6.61 Å². The van der Waals surface area contributed by atoms with Crippen molar-refractivity contribution in [1.29, 1.82) is 0 Å². The highest BCUT2D eigenvalue weighted by Crippen LogP contribution is 2.15. The van der Waals surface area contributed by atoms with Gasteiger partial charge in [-0.05, 0) is 48.7 Å². The molecule has 0 fully saturated rings. The minimum absolute atomic E-state index is 0.0317. The summed E-state index contributed by atoms with van der Waals surface area (Å²) in [5.74, 6) is -1.94. The normalized spacial score (nSPS) is 11.9. The third kappa shape index (κ3) is 7.12. The van der Waals surface area contributed by atoms with E-state index in [4.69, 9.17) is 4.74 Å². The second kappa shape index (κ2) is 11.4. The van der Waals surface area contributed by atoms with Crippen molar-refractivity contribution in [3.05, 3.63) is 95.8 Å². The van der Waals surface area contributed by atoms with E-state index >= 15 is 0 Å². The number of rotatable bonds is 9. The number of hydrogen-bond acceptors (Lipinski definition) is 5. The van der Waals surface area contributed by atoms with Crippen molar-refractivity contribution in [3.63, 3.8) is 0 Å². The van der Waals surface area contributed by atoms with Crippen LogP contribution in [0.3, 0.4) is 0 Å². The zero-order valence-electron chi connectivity index (χ0n) is 18.3. The zero-order valence-corrected chi connectivity index (χ0v) is 19.1. The van der Waals surface area contributed by atoms with E-state index in [9.17, 15) is 22.4 Å². The SMILES string of the molecule is Cc1cccc(OCC(=O)NNC(=O)C(Cc2ccccc2)NS(=O)(=O)c2ccccc2F)c1. The molecule has 3 aromatic rings. The number of ether oxygens (including phenoxy) is 1. The molecule has 3 N–H and O–H groups in total. The molecule has 0 aromatic heterocycles. The van der Waals surface area contributed by atoms with Crippen LogP contribution in [0.2, 0.25) is 0 Å². The summed E-state index contributed by atoms with van der Waals surface area (Å²) in [5, 5.41) is 0. The fraction of sp³-hybridized carbons (Fsp3) is 0.167. The summed E-state index contributed by atoms with van der Waals surface area (Å²) >= 11 is 0. The molecular weight excluding hydrogens is 461 g/mol. The third-order valence-electron chi connectivity index (χ3n) is 4.71. The Bertz CT molecular complexity index is 1250.